The van der Waals surface area contributed by atoms with Crippen molar-refractivity contribution in [2.24, 2.45) is 0 Å². The van der Waals surface area contributed by atoms with Gasteiger partial charge in [0.25, 0.3) is 0 Å². The zero-order valence-corrected chi connectivity index (χ0v) is 13.3. The second-order valence-corrected chi connectivity index (χ2v) is 6.19. The van der Waals surface area contributed by atoms with Crippen LogP contribution in [0.15, 0.2) is 29.2 Å². The van der Waals surface area contributed by atoms with E-state index in [4.69, 9.17) is 9.84 Å². The molecule has 2 atom stereocenters. The Labute approximate surface area is 129 Å². The van der Waals surface area contributed by atoms with Crippen LogP contribution in [0.3, 0.4) is 0 Å². The first kappa shape index (κ1) is 17.4. The quantitative estimate of drug-likeness (QED) is 0.722. The van der Waals surface area contributed by atoms with E-state index in [2.05, 4.69) is 5.32 Å². The minimum Gasteiger partial charge on any atom is -0.497 e. The number of ether oxygens (including phenoxy) is 1. The molecule has 0 aliphatic rings. The van der Waals surface area contributed by atoms with Crippen LogP contribution in [0, 0.1) is 0 Å². The molecule has 1 aromatic carbocycles. The van der Waals surface area contributed by atoms with Crippen molar-refractivity contribution in [2.45, 2.75) is 42.9 Å². The van der Waals surface area contributed by atoms with Crippen molar-refractivity contribution in [1.29, 1.82) is 0 Å². The van der Waals surface area contributed by atoms with Crippen LogP contribution in [0.1, 0.15) is 26.7 Å². The van der Waals surface area contributed by atoms with Gasteiger partial charge in [0.1, 0.15) is 5.75 Å². The van der Waals surface area contributed by atoms with Crippen molar-refractivity contribution < 1.29 is 19.4 Å². The summed E-state index contributed by atoms with van der Waals surface area (Å²) in [6, 6.07) is 7.36. The minimum atomic E-state index is -0.850. The van der Waals surface area contributed by atoms with Crippen LogP contribution in [-0.4, -0.2) is 35.4 Å². The average Bonchev–Trinajstić information content (AvgIpc) is 2.45. The van der Waals surface area contributed by atoms with Crippen molar-refractivity contribution in [1.82, 2.24) is 5.32 Å². The minimum absolute atomic E-state index is 0.0570. The fourth-order valence-corrected chi connectivity index (χ4v) is 2.56. The third-order valence-corrected chi connectivity index (χ3v) is 4.03. The van der Waals surface area contributed by atoms with Gasteiger partial charge in [-0.3, -0.25) is 9.59 Å². The van der Waals surface area contributed by atoms with Gasteiger partial charge in [0, 0.05) is 17.4 Å². The molecule has 5 nitrogen and oxygen atoms in total. The maximum Gasteiger partial charge on any atom is 0.303 e. The summed E-state index contributed by atoms with van der Waals surface area (Å²) >= 11 is 1.45. The molecule has 1 rings (SSSR count). The number of carboxylic acid groups (broad SMARTS) is 1. The molecule has 0 fully saturated rings. The molecule has 2 unspecified atom stereocenters. The van der Waals surface area contributed by atoms with Crippen LogP contribution in [0.25, 0.3) is 0 Å². The van der Waals surface area contributed by atoms with Crippen molar-refractivity contribution in [3.05, 3.63) is 24.3 Å². The Bertz CT molecular complexity index is 475. The van der Waals surface area contributed by atoms with Gasteiger partial charge >= 0.3 is 5.97 Å². The summed E-state index contributed by atoms with van der Waals surface area (Å²) in [5, 5.41) is 11.2. The van der Waals surface area contributed by atoms with E-state index in [9.17, 15) is 9.59 Å². The van der Waals surface area contributed by atoms with Crippen molar-refractivity contribution >= 4 is 23.6 Å². The van der Waals surface area contributed by atoms with Crippen LogP contribution in [0.2, 0.25) is 0 Å². The van der Waals surface area contributed by atoms with Gasteiger partial charge in [0.15, 0.2) is 0 Å². The Morgan fingerprint density at radius 1 is 1.29 bits per heavy atom. The predicted molar refractivity (Wildman–Crippen MR) is 82.8 cm³/mol. The third-order valence-electron chi connectivity index (χ3n) is 2.92. The Morgan fingerprint density at radius 3 is 2.43 bits per heavy atom. The van der Waals surface area contributed by atoms with E-state index in [1.807, 2.05) is 38.1 Å². The van der Waals surface area contributed by atoms with Crippen molar-refractivity contribution in [2.75, 3.05) is 7.11 Å². The van der Waals surface area contributed by atoms with Gasteiger partial charge in [-0.1, -0.05) is 0 Å². The van der Waals surface area contributed by atoms with E-state index in [0.717, 1.165) is 10.6 Å². The molecule has 6 heteroatoms. The highest BCUT2D eigenvalue weighted by atomic mass is 32.2. The molecule has 0 aliphatic carbocycles. The van der Waals surface area contributed by atoms with Gasteiger partial charge in [-0.05, 0) is 44.5 Å². The second kappa shape index (κ2) is 8.56. The number of nitrogens with one attached hydrogen (secondary N) is 1. The lowest BCUT2D eigenvalue weighted by Crippen LogP contribution is -2.37. The molecule has 1 amide bonds. The fraction of sp³-hybridized carbons (Fsp3) is 0.467. The van der Waals surface area contributed by atoms with Gasteiger partial charge < -0.3 is 15.2 Å². The molecule has 0 bridgehead atoms. The van der Waals surface area contributed by atoms with Gasteiger partial charge in [0.2, 0.25) is 5.91 Å². The Morgan fingerprint density at radius 2 is 1.90 bits per heavy atom. The molecule has 0 spiro atoms. The summed E-state index contributed by atoms with van der Waals surface area (Å²) in [7, 11) is 1.61. The maximum absolute atomic E-state index is 12.0. The van der Waals surface area contributed by atoms with Gasteiger partial charge in [-0.15, -0.1) is 11.8 Å². The molecule has 2 N–H and O–H groups in total. The molecule has 0 heterocycles. The van der Waals surface area contributed by atoms with Crippen LogP contribution < -0.4 is 10.1 Å². The Hall–Kier alpha value is -1.69. The van der Waals surface area contributed by atoms with E-state index in [1.165, 1.54) is 11.8 Å². The summed E-state index contributed by atoms with van der Waals surface area (Å²) in [4.78, 5) is 23.5. The number of rotatable bonds is 8. The number of carbonyl (C=O) groups is 2. The largest absolute Gasteiger partial charge is 0.497 e. The van der Waals surface area contributed by atoms with E-state index < -0.39 is 5.97 Å². The van der Waals surface area contributed by atoms with E-state index >= 15 is 0 Å². The number of hydrogen-bond acceptors (Lipinski definition) is 4. The maximum atomic E-state index is 12.0. The zero-order chi connectivity index (χ0) is 15.8. The third kappa shape index (κ3) is 6.53. The summed E-state index contributed by atoms with van der Waals surface area (Å²) < 4.78 is 5.08. The molecule has 0 saturated carbocycles. The van der Waals surface area contributed by atoms with Crippen LogP contribution >= 0.6 is 11.8 Å². The number of carboxylic acids is 1. The standard InChI is InChI=1S/C15H21NO4S/c1-10(4-9-14(17)18)16-15(19)11(2)21-13-7-5-12(20-3)6-8-13/h5-8,10-11H,4,9H2,1-3H3,(H,16,19)(H,17,18). The van der Waals surface area contributed by atoms with Gasteiger partial charge in [-0.25, -0.2) is 0 Å². The Balaban J connectivity index is 2.44. The molecule has 116 valence electrons. The van der Waals surface area contributed by atoms with Crippen LogP contribution in [0.4, 0.5) is 0 Å². The normalized spacial score (nSPS) is 13.3. The smallest absolute Gasteiger partial charge is 0.303 e. The number of hydrogen-bond donors (Lipinski definition) is 2. The first-order valence-corrected chi connectivity index (χ1v) is 7.63. The lowest BCUT2D eigenvalue weighted by molar-refractivity contribution is -0.137. The predicted octanol–water partition coefficient (Wildman–Crippen LogP) is 2.55. The SMILES string of the molecule is COc1ccc(SC(C)C(=O)NC(C)CCC(=O)O)cc1. The van der Waals surface area contributed by atoms with Crippen molar-refractivity contribution in [3.63, 3.8) is 0 Å². The molecule has 21 heavy (non-hydrogen) atoms. The second-order valence-electron chi connectivity index (χ2n) is 4.78. The first-order valence-electron chi connectivity index (χ1n) is 6.75. The molecule has 0 aliphatic heterocycles. The number of aliphatic carboxylic acids is 1. The molecular formula is C15H21NO4S. The molecular weight excluding hydrogens is 290 g/mol. The highest BCUT2D eigenvalue weighted by Gasteiger charge is 2.17. The van der Waals surface area contributed by atoms with Crippen molar-refractivity contribution in [3.8, 4) is 5.75 Å². The van der Waals surface area contributed by atoms with Crippen LogP contribution in [-0.2, 0) is 9.59 Å². The Kier molecular flexibility index (Phi) is 7.08. The molecule has 0 aromatic heterocycles. The highest BCUT2D eigenvalue weighted by molar-refractivity contribution is 8.00. The lowest BCUT2D eigenvalue weighted by atomic mass is 10.2. The van der Waals surface area contributed by atoms with E-state index in [1.54, 1.807) is 7.11 Å². The number of thioether (sulfide) groups is 1. The number of carbonyl (C=O) groups excluding carboxylic acids is 1. The summed E-state index contributed by atoms with van der Waals surface area (Å²) in [6.45, 7) is 3.64. The fourth-order valence-electron chi connectivity index (χ4n) is 1.68. The van der Waals surface area contributed by atoms with Gasteiger partial charge in [-0.2, -0.15) is 0 Å². The number of methoxy groups -OCH3 is 1. The lowest BCUT2D eigenvalue weighted by Gasteiger charge is -2.16. The molecule has 0 saturated heterocycles. The summed E-state index contributed by atoms with van der Waals surface area (Å²) in [5.41, 5.74) is 0. The van der Waals surface area contributed by atoms with Gasteiger partial charge in [0.05, 0.1) is 12.4 Å². The number of benzene rings is 1. The topological polar surface area (TPSA) is 75.6 Å². The number of amides is 1. The summed E-state index contributed by atoms with van der Waals surface area (Å²) in [5.74, 6) is -0.163. The summed E-state index contributed by atoms with van der Waals surface area (Å²) in [6.07, 6.45) is 0.489. The monoisotopic (exact) mass is 311 g/mol. The first-order chi connectivity index (χ1) is 9.92. The molecule has 1 aromatic rings. The van der Waals surface area contributed by atoms with E-state index in [0.29, 0.717) is 6.42 Å². The molecule has 0 radical (unpaired) electrons. The van der Waals surface area contributed by atoms with E-state index in [-0.39, 0.29) is 23.6 Å². The van der Waals surface area contributed by atoms with Crippen LogP contribution in [0.5, 0.6) is 5.75 Å². The highest BCUT2D eigenvalue weighted by Crippen LogP contribution is 2.25. The zero-order valence-electron chi connectivity index (χ0n) is 12.5. The average molecular weight is 311 g/mol.